The Kier molecular flexibility index (Phi) is 5.43. The molecule has 20 heavy (non-hydrogen) atoms. The molecule has 4 atom stereocenters. The van der Waals surface area contributed by atoms with E-state index in [1.807, 2.05) is 0 Å². The first-order valence-corrected chi connectivity index (χ1v) is 5.69. The zero-order valence-corrected chi connectivity index (χ0v) is 10.3. The van der Waals surface area contributed by atoms with Crippen LogP contribution in [0.15, 0.2) is 18.2 Å². The van der Waals surface area contributed by atoms with E-state index >= 15 is 0 Å². The highest BCUT2D eigenvalue weighted by Crippen LogP contribution is 2.25. The third-order valence-electron chi connectivity index (χ3n) is 2.78. The van der Waals surface area contributed by atoms with E-state index < -0.39 is 48.3 Å². The summed E-state index contributed by atoms with van der Waals surface area (Å²) in [5.74, 6) is -2.09. The lowest BCUT2D eigenvalue weighted by molar-refractivity contribution is -0.105. The largest absolute Gasteiger partial charge is 0.504 e. The summed E-state index contributed by atoms with van der Waals surface area (Å²) in [5.41, 5.74) is -0.211. The van der Waals surface area contributed by atoms with Crippen molar-refractivity contribution in [3.8, 4) is 11.5 Å². The number of aliphatic hydroxyl groups is 5. The van der Waals surface area contributed by atoms with Crippen LogP contribution < -0.4 is 0 Å². The fourth-order valence-electron chi connectivity index (χ4n) is 1.52. The van der Waals surface area contributed by atoms with Crippen molar-refractivity contribution in [2.75, 3.05) is 6.61 Å². The number of hydrogen-bond donors (Lipinski definition) is 7. The summed E-state index contributed by atoms with van der Waals surface area (Å²) in [6, 6.07) is 2.99. The average molecular weight is 288 g/mol. The highest BCUT2D eigenvalue weighted by atomic mass is 16.4. The molecule has 0 radical (unpaired) electrons. The molecule has 0 aromatic heterocycles. The Hall–Kier alpha value is -1.71. The second kappa shape index (κ2) is 6.64. The van der Waals surface area contributed by atoms with Crippen LogP contribution in [-0.4, -0.2) is 72.6 Å². The maximum Gasteiger partial charge on any atom is 0.194 e. The van der Waals surface area contributed by atoms with Gasteiger partial charge in [0.15, 0.2) is 17.3 Å². The summed E-state index contributed by atoms with van der Waals surface area (Å²) in [6.07, 6.45) is -7.75. The molecular weight excluding hydrogens is 272 g/mol. The van der Waals surface area contributed by atoms with Crippen molar-refractivity contribution in [2.45, 2.75) is 24.4 Å². The van der Waals surface area contributed by atoms with E-state index in [1.54, 1.807) is 0 Å². The van der Waals surface area contributed by atoms with Gasteiger partial charge in [0.05, 0.1) is 6.61 Å². The molecule has 0 unspecified atom stereocenters. The van der Waals surface area contributed by atoms with E-state index in [9.17, 15) is 25.2 Å². The number of benzene rings is 1. The zero-order chi connectivity index (χ0) is 15.4. The van der Waals surface area contributed by atoms with Crippen LogP contribution in [0.3, 0.4) is 0 Å². The van der Waals surface area contributed by atoms with Crippen molar-refractivity contribution in [1.29, 1.82) is 0 Å². The average Bonchev–Trinajstić information content (AvgIpc) is 2.46. The van der Waals surface area contributed by atoms with Crippen LogP contribution in [0.5, 0.6) is 11.5 Å². The second-order valence-electron chi connectivity index (χ2n) is 4.24. The van der Waals surface area contributed by atoms with Crippen molar-refractivity contribution in [3.05, 3.63) is 23.8 Å². The van der Waals surface area contributed by atoms with Crippen molar-refractivity contribution in [1.82, 2.24) is 0 Å². The van der Waals surface area contributed by atoms with Crippen LogP contribution in [0, 0.1) is 0 Å². The minimum Gasteiger partial charge on any atom is -0.504 e. The van der Waals surface area contributed by atoms with E-state index in [4.69, 9.17) is 15.3 Å². The number of hydrogen-bond acceptors (Lipinski definition) is 8. The number of aromatic hydroxyl groups is 2. The molecule has 8 nitrogen and oxygen atoms in total. The number of phenolic OH excluding ortho intramolecular Hbond substituents is 2. The molecular formula is C12H16O8. The summed E-state index contributed by atoms with van der Waals surface area (Å²) in [5, 5.41) is 64.6. The Bertz CT molecular complexity index is 475. The molecule has 7 N–H and O–H groups in total. The van der Waals surface area contributed by atoms with Crippen LogP contribution in [-0.2, 0) is 0 Å². The molecule has 0 aliphatic heterocycles. The molecule has 8 heteroatoms. The molecule has 0 amide bonds. The zero-order valence-electron chi connectivity index (χ0n) is 10.3. The van der Waals surface area contributed by atoms with E-state index in [0.29, 0.717) is 0 Å². The lowest BCUT2D eigenvalue weighted by Gasteiger charge is -2.24. The van der Waals surface area contributed by atoms with Gasteiger partial charge in [-0.05, 0) is 18.2 Å². The van der Waals surface area contributed by atoms with Crippen molar-refractivity contribution in [3.63, 3.8) is 0 Å². The molecule has 0 aliphatic carbocycles. The summed E-state index contributed by atoms with van der Waals surface area (Å²) in [7, 11) is 0. The van der Waals surface area contributed by atoms with Gasteiger partial charge >= 0.3 is 0 Å². The quantitative estimate of drug-likeness (QED) is 0.228. The van der Waals surface area contributed by atoms with Crippen LogP contribution >= 0.6 is 0 Å². The van der Waals surface area contributed by atoms with Gasteiger partial charge < -0.3 is 35.7 Å². The lowest BCUT2D eigenvalue weighted by atomic mass is 9.96. The number of Topliss-reactive ketones (excluding diaryl/α,β-unsaturated/α-hetero) is 1. The third kappa shape index (κ3) is 3.44. The van der Waals surface area contributed by atoms with Gasteiger partial charge in [0.2, 0.25) is 0 Å². The van der Waals surface area contributed by atoms with Gasteiger partial charge in [0.1, 0.15) is 24.4 Å². The van der Waals surface area contributed by atoms with Crippen LogP contribution in [0.25, 0.3) is 0 Å². The van der Waals surface area contributed by atoms with E-state index in [2.05, 4.69) is 0 Å². The normalized spacial score (nSPS) is 17.2. The molecule has 0 saturated carbocycles. The van der Waals surface area contributed by atoms with E-state index in [0.717, 1.165) is 18.2 Å². The fourth-order valence-corrected chi connectivity index (χ4v) is 1.52. The van der Waals surface area contributed by atoms with Gasteiger partial charge in [0, 0.05) is 5.56 Å². The Balaban J connectivity index is 2.87. The van der Waals surface area contributed by atoms with Gasteiger partial charge in [-0.1, -0.05) is 0 Å². The highest BCUT2D eigenvalue weighted by molar-refractivity contribution is 6.00. The van der Waals surface area contributed by atoms with E-state index in [1.165, 1.54) is 0 Å². The number of phenols is 2. The number of ketones is 1. The number of carbonyl (C=O) groups is 1. The predicted molar refractivity (Wildman–Crippen MR) is 65.2 cm³/mol. The lowest BCUT2D eigenvalue weighted by Crippen LogP contribution is -2.48. The maximum absolute atomic E-state index is 11.8. The van der Waals surface area contributed by atoms with Crippen LogP contribution in [0.1, 0.15) is 10.4 Å². The summed E-state index contributed by atoms with van der Waals surface area (Å²) >= 11 is 0. The second-order valence-corrected chi connectivity index (χ2v) is 4.24. The molecule has 1 aromatic carbocycles. The molecule has 1 rings (SSSR count). The van der Waals surface area contributed by atoms with Crippen molar-refractivity contribution in [2.24, 2.45) is 0 Å². The highest BCUT2D eigenvalue weighted by Gasteiger charge is 2.34. The van der Waals surface area contributed by atoms with Gasteiger partial charge in [-0.15, -0.1) is 0 Å². The summed E-state index contributed by atoms with van der Waals surface area (Å²) in [6.45, 7) is -0.862. The van der Waals surface area contributed by atoms with E-state index in [-0.39, 0.29) is 5.56 Å². The minimum atomic E-state index is -2.07. The Morgan fingerprint density at radius 3 is 2.10 bits per heavy atom. The molecule has 0 heterocycles. The van der Waals surface area contributed by atoms with Gasteiger partial charge in [-0.3, -0.25) is 4.79 Å². The molecule has 0 bridgehead atoms. The smallest absolute Gasteiger partial charge is 0.194 e. The number of rotatable bonds is 6. The van der Waals surface area contributed by atoms with Crippen molar-refractivity contribution < 1.29 is 40.5 Å². The Morgan fingerprint density at radius 2 is 1.60 bits per heavy atom. The van der Waals surface area contributed by atoms with Crippen LogP contribution in [0.2, 0.25) is 0 Å². The topological polar surface area (TPSA) is 159 Å². The first-order chi connectivity index (χ1) is 9.29. The van der Waals surface area contributed by atoms with Gasteiger partial charge in [-0.25, -0.2) is 0 Å². The first kappa shape index (κ1) is 16.3. The maximum atomic E-state index is 11.8. The summed E-state index contributed by atoms with van der Waals surface area (Å²) < 4.78 is 0. The summed E-state index contributed by atoms with van der Waals surface area (Å²) in [4.78, 5) is 11.8. The molecule has 1 aromatic rings. The van der Waals surface area contributed by atoms with Gasteiger partial charge in [0.25, 0.3) is 0 Å². The standard InChI is InChI=1S/C12H16O8/c13-4-8(16)10(18)12(20)11(19)9(17)5-1-2-6(14)7(15)3-5/h1-3,8,10-16,18-20H,4H2/t8-,10-,11+,12+/m1/s1. The Morgan fingerprint density at radius 1 is 1.00 bits per heavy atom. The Labute approximate surface area is 113 Å². The molecule has 0 fully saturated rings. The molecule has 0 aliphatic rings. The van der Waals surface area contributed by atoms with Crippen molar-refractivity contribution >= 4 is 5.78 Å². The molecule has 0 spiro atoms. The minimum absolute atomic E-state index is 0.211. The first-order valence-electron chi connectivity index (χ1n) is 5.69. The number of aliphatic hydroxyl groups excluding tert-OH is 5. The molecule has 112 valence electrons. The SMILES string of the molecule is O=C(c1ccc(O)c(O)c1)[C@H](O)[C@@H](O)[C@H](O)[C@H](O)CO. The predicted octanol–water partition coefficient (Wildman–Crippen LogP) is -2.28. The van der Waals surface area contributed by atoms with Crippen LogP contribution in [0.4, 0.5) is 0 Å². The third-order valence-corrected chi connectivity index (χ3v) is 2.78. The monoisotopic (exact) mass is 288 g/mol. The fraction of sp³-hybridized carbons (Fsp3) is 0.417. The number of carbonyl (C=O) groups excluding carboxylic acids is 1. The van der Waals surface area contributed by atoms with Gasteiger partial charge in [-0.2, -0.15) is 0 Å². The molecule has 0 saturated heterocycles.